The molecular weight excluding hydrogens is 220 g/mol. The molecule has 0 fully saturated rings. The highest BCUT2D eigenvalue weighted by Gasteiger charge is 2.10. The Kier molecular flexibility index (Phi) is 4.32. The van der Waals surface area contributed by atoms with Crippen LogP contribution in [0.25, 0.3) is 10.9 Å². The summed E-state index contributed by atoms with van der Waals surface area (Å²) in [7, 11) is 0. The highest BCUT2D eigenvalue weighted by molar-refractivity contribution is 5.81. The van der Waals surface area contributed by atoms with E-state index in [4.69, 9.17) is 0 Å². The Balaban J connectivity index is 2.12. The van der Waals surface area contributed by atoms with Gasteiger partial charge in [-0.05, 0) is 24.5 Å². The van der Waals surface area contributed by atoms with Crippen molar-refractivity contribution in [3.05, 3.63) is 42.1 Å². The molecule has 0 spiro atoms. The first-order valence-electron chi connectivity index (χ1n) is 6.78. The molecule has 2 nitrogen and oxygen atoms in total. The maximum atomic E-state index is 4.48. The van der Waals surface area contributed by atoms with E-state index in [2.05, 4.69) is 55.3 Å². The van der Waals surface area contributed by atoms with Crippen molar-refractivity contribution in [1.82, 2.24) is 10.3 Å². The summed E-state index contributed by atoms with van der Waals surface area (Å²) in [5.41, 5.74) is 2.40. The first-order chi connectivity index (χ1) is 8.72. The number of nitrogens with zero attached hydrogens (tertiary/aromatic N) is 1. The van der Waals surface area contributed by atoms with Gasteiger partial charge in [0.05, 0.1) is 5.52 Å². The fourth-order valence-electron chi connectivity index (χ4n) is 2.14. The van der Waals surface area contributed by atoms with Gasteiger partial charge in [0.25, 0.3) is 0 Å². The predicted octanol–water partition coefficient (Wildman–Crippen LogP) is 3.76. The summed E-state index contributed by atoms with van der Waals surface area (Å²) >= 11 is 0. The van der Waals surface area contributed by atoms with Crippen LogP contribution in [0.5, 0.6) is 0 Å². The highest BCUT2D eigenvalue weighted by Crippen LogP contribution is 2.16. The number of para-hydroxylation sites is 1. The van der Waals surface area contributed by atoms with Gasteiger partial charge in [-0.2, -0.15) is 0 Å². The minimum absolute atomic E-state index is 0.536. The monoisotopic (exact) mass is 242 g/mol. The summed E-state index contributed by atoms with van der Waals surface area (Å²) in [4.78, 5) is 4.48. The summed E-state index contributed by atoms with van der Waals surface area (Å²) in [5, 5.41) is 4.82. The van der Waals surface area contributed by atoms with Crippen LogP contribution in [0.3, 0.4) is 0 Å². The fourth-order valence-corrected chi connectivity index (χ4v) is 2.14. The summed E-state index contributed by atoms with van der Waals surface area (Å²) in [6.07, 6.45) is 3.08. The quantitative estimate of drug-likeness (QED) is 0.863. The van der Waals surface area contributed by atoms with E-state index in [1.807, 2.05) is 12.3 Å². The van der Waals surface area contributed by atoms with Crippen LogP contribution in [0.4, 0.5) is 0 Å². The van der Waals surface area contributed by atoms with Crippen LogP contribution in [0.2, 0.25) is 0 Å². The van der Waals surface area contributed by atoms with Crippen LogP contribution in [0, 0.1) is 5.92 Å². The maximum Gasteiger partial charge on any atom is 0.0746 e. The van der Waals surface area contributed by atoms with Crippen molar-refractivity contribution in [2.24, 2.45) is 5.92 Å². The second kappa shape index (κ2) is 5.96. The van der Waals surface area contributed by atoms with Crippen LogP contribution in [-0.2, 0) is 6.54 Å². The van der Waals surface area contributed by atoms with Gasteiger partial charge in [0.1, 0.15) is 0 Å². The molecule has 1 heterocycles. The molecule has 0 bridgehead atoms. The van der Waals surface area contributed by atoms with Crippen LogP contribution in [-0.4, -0.2) is 11.0 Å². The third-order valence-electron chi connectivity index (χ3n) is 3.83. The van der Waals surface area contributed by atoms with Gasteiger partial charge in [0.15, 0.2) is 0 Å². The number of nitrogens with one attached hydrogen (secondary N) is 1. The lowest BCUT2D eigenvalue weighted by Gasteiger charge is -2.20. The molecule has 0 amide bonds. The van der Waals surface area contributed by atoms with Crippen LogP contribution < -0.4 is 5.32 Å². The average Bonchev–Trinajstić information content (AvgIpc) is 2.43. The molecule has 2 unspecified atom stereocenters. The largest absolute Gasteiger partial charge is 0.310 e. The van der Waals surface area contributed by atoms with Crippen molar-refractivity contribution in [2.75, 3.05) is 0 Å². The zero-order valence-corrected chi connectivity index (χ0v) is 11.5. The van der Waals surface area contributed by atoms with Gasteiger partial charge in [-0.15, -0.1) is 0 Å². The summed E-state index contributed by atoms with van der Waals surface area (Å²) in [6.45, 7) is 7.67. The van der Waals surface area contributed by atoms with Gasteiger partial charge in [-0.25, -0.2) is 0 Å². The number of benzene rings is 1. The molecule has 2 aromatic rings. The van der Waals surface area contributed by atoms with Crippen molar-refractivity contribution in [3.8, 4) is 0 Å². The SMILES string of the molecule is CCC(C)C(C)NCc1cccc2cccnc12. The topological polar surface area (TPSA) is 24.9 Å². The Labute approximate surface area is 109 Å². The lowest BCUT2D eigenvalue weighted by Crippen LogP contribution is -2.31. The van der Waals surface area contributed by atoms with E-state index in [9.17, 15) is 0 Å². The third kappa shape index (κ3) is 2.88. The van der Waals surface area contributed by atoms with Gasteiger partial charge in [-0.3, -0.25) is 4.98 Å². The first kappa shape index (κ1) is 13.0. The summed E-state index contributed by atoms with van der Waals surface area (Å²) < 4.78 is 0. The van der Waals surface area contributed by atoms with E-state index in [0.717, 1.165) is 12.1 Å². The van der Waals surface area contributed by atoms with Crippen LogP contribution in [0.1, 0.15) is 32.8 Å². The van der Waals surface area contributed by atoms with Crippen molar-refractivity contribution in [2.45, 2.75) is 39.8 Å². The highest BCUT2D eigenvalue weighted by atomic mass is 14.9. The molecule has 0 aliphatic rings. The second-order valence-electron chi connectivity index (χ2n) is 5.05. The van der Waals surface area contributed by atoms with Gasteiger partial charge < -0.3 is 5.32 Å². The second-order valence-corrected chi connectivity index (χ2v) is 5.05. The van der Waals surface area contributed by atoms with Crippen molar-refractivity contribution < 1.29 is 0 Å². The third-order valence-corrected chi connectivity index (χ3v) is 3.83. The first-order valence-corrected chi connectivity index (χ1v) is 6.78. The molecule has 0 aliphatic heterocycles. The molecule has 18 heavy (non-hydrogen) atoms. The zero-order chi connectivity index (χ0) is 13.0. The van der Waals surface area contributed by atoms with E-state index in [0.29, 0.717) is 12.0 Å². The molecule has 1 aromatic carbocycles. The van der Waals surface area contributed by atoms with E-state index in [1.165, 1.54) is 17.4 Å². The lowest BCUT2D eigenvalue weighted by atomic mass is 10.0. The molecule has 2 atom stereocenters. The average molecular weight is 242 g/mol. The van der Waals surface area contributed by atoms with Crippen LogP contribution >= 0.6 is 0 Å². The molecule has 2 rings (SSSR count). The molecular formula is C16H22N2. The van der Waals surface area contributed by atoms with Crippen molar-refractivity contribution in [3.63, 3.8) is 0 Å². The van der Waals surface area contributed by atoms with E-state index in [1.54, 1.807) is 0 Å². The molecule has 0 aliphatic carbocycles. The summed E-state index contributed by atoms with van der Waals surface area (Å²) in [6, 6.07) is 11.0. The summed E-state index contributed by atoms with van der Waals surface area (Å²) in [5.74, 6) is 0.702. The Bertz CT molecular complexity index is 502. The van der Waals surface area contributed by atoms with Gasteiger partial charge in [0.2, 0.25) is 0 Å². The van der Waals surface area contributed by atoms with E-state index < -0.39 is 0 Å². The fraction of sp³-hybridized carbons (Fsp3) is 0.438. The molecule has 0 saturated carbocycles. The normalized spacial score (nSPS) is 14.6. The van der Waals surface area contributed by atoms with Crippen molar-refractivity contribution >= 4 is 10.9 Å². The lowest BCUT2D eigenvalue weighted by molar-refractivity contribution is 0.390. The molecule has 96 valence electrons. The number of aromatic nitrogens is 1. The molecule has 1 N–H and O–H groups in total. The smallest absolute Gasteiger partial charge is 0.0746 e. The number of hydrogen-bond donors (Lipinski definition) is 1. The Hall–Kier alpha value is -1.41. The number of hydrogen-bond acceptors (Lipinski definition) is 2. The molecule has 0 saturated heterocycles. The van der Waals surface area contributed by atoms with Gasteiger partial charge in [0, 0.05) is 24.2 Å². The van der Waals surface area contributed by atoms with Crippen molar-refractivity contribution in [1.29, 1.82) is 0 Å². The standard InChI is InChI=1S/C16H22N2/c1-4-12(2)13(3)18-11-15-8-5-7-14-9-6-10-17-16(14)15/h5-10,12-13,18H,4,11H2,1-3H3. The Morgan fingerprint density at radius 1 is 1.17 bits per heavy atom. The maximum absolute atomic E-state index is 4.48. The number of pyridine rings is 1. The van der Waals surface area contributed by atoms with Crippen LogP contribution in [0.15, 0.2) is 36.5 Å². The van der Waals surface area contributed by atoms with E-state index in [-0.39, 0.29) is 0 Å². The zero-order valence-electron chi connectivity index (χ0n) is 11.5. The minimum Gasteiger partial charge on any atom is -0.310 e. The molecule has 0 radical (unpaired) electrons. The minimum atomic E-state index is 0.536. The number of rotatable bonds is 5. The molecule has 2 heteroatoms. The Morgan fingerprint density at radius 2 is 1.94 bits per heavy atom. The van der Waals surface area contributed by atoms with Gasteiger partial charge >= 0.3 is 0 Å². The molecule has 1 aromatic heterocycles. The number of fused-ring (bicyclic) bond motifs is 1. The predicted molar refractivity (Wildman–Crippen MR) is 77.5 cm³/mol. The Morgan fingerprint density at radius 3 is 2.72 bits per heavy atom. The van der Waals surface area contributed by atoms with Gasteiger partial charge in [-0.1, -0.05) is 44.5 Å². The van der Waals surface area contributed by atoms with E-state index >= 15 is 0 Å².